The molecule has 2 nitrogen and oxygen atoms in total. The van der Waals surface area contributed by atoms with Crippen LogP contribution in [0.2, 0.25) is 0 Å². The first kappa shape index (κ1) is 9.02. The summed E-state index contributed by atoms with van der Waals surface area (Å²) in [6.45, 7) is 4.38. The van der Waals surface area contributed by atoms with Gasteiger partial charge >= 0.3 is 0 Å². The third-order valence-electron chi connectivity index (χ3n) is 4.00. The second-order valence-corrected chi connectivity index (χ2v) is 5.14. The summed E-state index contributed by atoms with van der Waals surface area (Å²) in [4.78, 5) is 0. The summed E-state index contributed by atoms with van der Waals surface area (Å²) >= 11 is 0. The van der Waals surface area contributed by atoms with Crippen LogP contribution < -0.4 is 0 Å². The summed E-state index contributed by atoms with van der Waals surface area (Å²) in [6.07, 6.45) is 3.51. The van der Waals surface area contributed by atoms with E-state index in [-0.39, 0.29) is 5.41 Å². The Hall–Kier alpha value is -0.550. The lowest BCUT2D eigenvalue weighted by Gasteiger charge is -2.48. The van der Waals surface area contributed by atoms with Gasteiger partial charge in [-0.15, -0.1) is 0 Å². The highest BCUT2D eigenvalue weighted by Gasteiger charge is 2.64. The Kier molecular flexibility index (Phi) is 1.72. The van der Waals surface area contributed by atoms with E-state index in [9.17, 15) is 5.11 Å². The van der Waals surface area contributed by atoms with Gasteiger partial charge in [0.25, 0.3) is 0 Å². The molecule has 0 atom stereocenters. The largest absolute Gasteiger partial charge is 0.388 e. The molecule has 2 saturated carbocycles. The second kappa shape index (κ2) is 2.48. The van der Waals surface area contributed by atoms with Crippen molar-refractivity contribution >= 4 is 0 Å². The molecule has 0 aromatic rings. The van der Waals surface area contributed by atoms with Crippen LogP contribution in [0.4, 0.5) is 0 Å². The van der Waals surface area contributed by atoms with E-state index in [0.29, 0.717) is 11.8 Å². The number of hydrogen-bond acceptors (Lipinski definition) is 2. The van der Waals surface area contributed by atoms with Crippen LogP contribution >= 0.6 is 0 Å². The van der Waals surface area contributed by atoms with Gasteiger partial charge < -0.3 is 5.11 Å². The van der Waals surface area contributed by atoms with Crippen LogP contribution in [0.15, 0.2) is 0 Å². The van der Waals surface area contributed by atoms with Crippen LogP contribution in [-0.2, 0) is 0 Å². The van der Waals surface area contributed by atoms with Gasteiger partial charge in [-0.25, -0.2) is 0 Å². The number of nitrogens with zero attached hydrogens (tertiary/aromatic N) is 1. The lowest BCUT2D eigenvalue weighted by molar-refractivity contribution is -0.123. The number of rotatable bonds is 2. The van der Waals surface area contributed by atoms with Crippen molar-refractivity contribution in [1.29, 1.82) is 5.26 Å². The Morgan fingerprint density at radius 1 is 1.38 bits per heavy atom. The minimum atomic E-state index is -0.628. The predicted molar refractivity (Wildman–Crippen MR) is 49.8 cm³/mol. The summed E-state index contributed by atoms with van der Waals surface area (Å²) in [5.41, 5.74) is -0.977. The summed E-state index contributed by atoms with van der Waals surface area (Å²) in [6, 6.07) is 2.30. The maximum absolute atomic E-state index is 10.2. The molecule has 72 valence electrons. The van der Waals surface area contributed by atoms with Crippen LogP contribution in [0.1, 0.15) is 39.5 Å². The zero-order chi connectivity index (χ0) is 9.69. The second-order valence-electron chi connectivity index (χ2n) is 5.14. The Labute approximate surface area is 79.6 Å². The summed E-state index contributed by atoms with van der Waals surface area (Å²) in [7, 11) is 0. The van der Waals surface area contributed by atoms with Gasteiger partial charge in [-0.2, -0.15) is 5.26 Å². The van der Waals surface area contributed by atoms with E-state index < -0.39 is 5.60 Å². The molecule has 0 heterocycles. The molecule has 0 unspecified atom stereocenters. The average Bonchev–Trinajstić information content (AvgIpc) is 2.78. The SMILES string of the molecule is CC(C)C1CC(O)(C2(C#N)CC2)C1. The van der Waals surface area contributed by atoms with Gasteiger partial charge in [0.15, 0.2) is 0 Å². The Morgan fingerprint density at radius 3 is 2.23 bits per heavy atom. The molecule has 0 aromatic heterocycles. The van der Waals surface area contributed by atoms with Gasteiger partial charge in [-0.1, -0.05) is 13.8 Å². The van der Waals surface area contributed by atoms with Gasteiger partial charge in [-0.3, -0.25) is 0 Å². The van der Waals surface area contributed by atoms with Crippen LogP contribution in [0.25, 0.3) is 0 Å². The Morgan fingerprint density at radius 2 is 1.92 bits per heavy atom. The molecule has 0 spiro atoms. The van der Waals surface area contributed by atoms with Crippen molar-refractivity contribution < 1.29 is 5.11 Å². The molecule has 0 bridgehead atoms. The van der Waals surface area contributed by atoms with E-state index in [1.807, 2.05) is 0 Å². The zero-order valence-corrected chi connectivity index (χ0v) is 8.38. The molecule has 2 fully saturated rings. The first-order chi connectivity index (χ1) is 6.03. The molecular formula is C11H17NO. The zero-order valence-electron chi connectivity index (χ0n) is 8.38. The standard InChI is InChI=1S/C11H17NO/c1-8(2)9-5-11(13,6-9)10(7-12)3-4-10/h8-9,13H,3-6H2,1-2H3. The van der Waals surface area contributed by atoms with Crippen molar-refractivity contribution in [2.45, 2.75) is 45.1 Å². The van der Waals surface area contributed by atoms with Crippen LogP contribution in [0, 0.1) is 28.6 Å². The number of nitriles is 1. The molecule has 2 rings (SSSR count). The fraction of sp³-hybridized carbons (Fsp3) is 0.909. The summed E-state index contributed by atoms with van der Waals surface area (Å²) < 4.78 is 0. The topological polar surface area (TPSA) is 44.0 Å². The van der Waals surface area contributed by atoms with Crippen LogP contribution in [0.3, 0.4) is 0 Å². The maximum atomic E-state index is 10.2. The number of hydrogen-bond donors (Lipinski definition) is 1. The van der Waals surface area contributed by atoms with Crippen molar-refractivity contribution in [2.75, 3.05) is 0 Å². The van der Waals surface area contributed by atoms with Gasteiger partial charge in [0, 0.05) is 0 Å². The van der Waals surface area contributed by atoms with Gasteiger partial charge in [0.05, 0.1) is 17.1 Å². The average molecular weight is 179 g/mol. The quantitative estimate of drug-likeness (QED) is 0.705. The van der Waals surface area contributed by atoms with Crippen molar-refractivity contribution in [3.63, 3.8) is 0 Å². The van der Waals surface area contributed by atoms with Gasteiger partial charge in [0.2, 0.25) is 0 Å². The lowest BCUT2D eigenvalue weighted by Crippen LogP contribution is -2.52. The predicted octanol–water partition coefficient (Wildman–Crippen LogP) is 2.09. The molecule has 2 aliphatic rings. The van der Waals surface area contributed by atoms with Crippen LogP contribution in [0.5, 0.6) is 0 Å². The van der Waals surface area contributed by atoms with Crippen molar-refractivity contribution in [3.05, 3.63) is 0 Å². The van der Waals surface area contributed by atoms with E-state index in [1.54, 1.807) is 0 Å². The fourth-order valence-corrected chi connectivity index (χ4v) is 2.48. The smallest absolute Gasteiger partial charge is 0.0861 e. The van der Waals surface area contributed by atoms with Crippen molar-refractivity contribution in [3.8, 4) is 6.07 Å². The molecule has 2 heteroatoms. The first-order valence-corrected chi connectivity index (χ1v) is 5.17. The lowest BCUT2D eigenvalue weighted by atomic mass is 9.60. The van der Waals surface area contributed by atoms with Gasteiger partial charge in [0.1, 0.15) is 0 Å². The van der Waals surface area contributed by atoms with Crippen LogP contribution in [-0.4, -0.2) is 10.7 Å². The normalized spacial score (nSPS) is 41.0. The summed E-state index contributed by atoms with van der Waals surface area (Å²) in [5.74, 6) is 1.28. The van der Waals surface area contributed by atoms with E-state index in [4.69, 9.17) is 5.26 Å². The molecule has 1 N–H and O–H groups in total. The highest BCUT2D eigenvalue weighted by Crippen LogP contribution is 2.63. The maximum Gasteiger partial charge on any atom is 0.0861 e. The van der Waals surface area contributed by atoms with E-state index in [0.717, 1.165) is 25.7 Å². The Bertz CT molecular complexity index is 254. The van der Waals surface area contributed by atoms with E-state index in [1.165, 1.54) is 0 Å². The fourth-order valence-electron chi connectivity index (χ4n) is 2.48. The third-order valence-corrected chi connectivity index (χ3v) is 4.00. The molecule has 13 heavy (non-hydrogen) atoms. The summed E-state index contributed by atoms with van der Waals surface area (Å²) in [5, 5.41) is 19.2. The van der Waals surface area contributed by atoms with Crippen molar-refractivity contribution in [1.82, 2.24) is 0 Å². The minimum absolute atomic E-state index is 0.349. The highest BCUT2D eigenvalue weighted by atomic mass is 16.3. The molecule has 0 amide bonds. The third kappa shape index (κ3) is 1.10. The molecule has 0 aromatic carbocycles. The van der Waals surface area contributed by atoms with E-state index in [2.05, 4.69) is 19.9 Å². The molecule has 0 radical (unpaired) electrons. The molecule has 0 aliphatic heterocycles. The Balaban J connectivity index is 2.01. The molecular weight excluding hydrogens is 162 g/mol. The minimum Gasteiger partial charge on any atom is -0.388 e. The molecule has 2 aliphatic carbocycles. The van der Waals surface area contributed by atoms with E-state index >= 15 is 0 Å². The monoisotopic (exact) mass is 179 g/mol. The van der Waals surface area contributed by atoms with Crippen molar-refractivity contribution in [2.24, 2.45) is 17.3 Å². The highest BCUT2D eigenvalue weighted by molar-refractivity contribution is 5.23. The number of aliphatic hydroxyl groups is 1. The van der Waals surface area contributed by atoms with Gasteiger partial charge in [-0.05, 0) is 37.5 Å². The molecule has 0 saturated heterocycles. The first-order valence-electron chi connectivity index (χ1n) is 5.17.